The van der Waals surface area contributed by atoms with Crippen LogP contribution in [0.25, 0.3) is 0 Å². The molecule has 3 aliphatic rings. The number of nitrogens with one attached hydrogen (secondary N) is 1. The van der Waals surface area contributed by atoms with Crippen molar-refractivity contribution in [2.45, 2.75) is 37.6 Å². The van der Waals surface area contributed by atoms with E-state index in [9.17, 15) is 25.9 Å². The van der Waals surface area contributed by atoms with E-state index in [4.69, 9.17) is 14.9 Å². The second kappa shape index (κ2) is 5.76. The molecule has 2 bridgehead atoms. The van der Waals surface area contributed by atoms with Crippen LogP contribution in [0.15, 0.2) is 24.3 Å². The number of ether oxygens (including phenoxy) is 2. The smallest absolute Gasteiger partial charge is 0.269 e. The van der Waals surface area contributed by atoms with E-state index in [1.165, 1.54) is 24.3 Å². The molecule has 140 valence electrons. The van der Waals surface area contributed by atoms with Crippen molar-refractivity contribution in [2.24, 2.45) is 16.7 Å². The Morgan fingerprint density at radius 3 is 2.39 bits per heavy atom. The van der Waals surface area contributed by atoms with E-state index < -0.39 is 39.5 Å². The number of nitrogens with zero attached hydrogens (tertiary/aromatic N) is 4. The SMILES string of the molecule is N#CC1(C#N)[C@@H](c2ccc([N+](=O)[O-])cc2)O[C@@]23CCCC[C@H]2[C@]1(C#N)C(=N)O3. The Bertz CT molecular complexity index is 987. The summed E-state index contributed by atoms with van der Waals surface area (Å²) in [5.41, 5.74) is -3.57. The molecule has 0 radical (unpaired) electrons. The van der Waals surface area contributed by atoms with Crippen molar-refractivity contribution in [3.8, 4) is 18.2 Å². The zero-order chi connectivity index (χ0) is 20.2. The number of hydrogen-bond acceptors (Lipinski definition) is 8. The van der Waals surface area contributed by atoms with E-state index in [-0.39, 0.29) is 5.69 Å². The van der Waals surface area contributed by atoms with Gasteiger partial charge in [-0.25, -0.2) is 0 Å². The van der Waals surface area contributed by atoms with Crippen molar-refractivity contribution in [1.29, 1.82) is 21.2 Å². The summed E-state index contributed by atoms with van der Waals surface area (Å²) in [4.78, 5) is 10.4. The van der Waals surface area contributed by atoms with Crippen LogP contribution in [0.1, 0.15) is 37.4 Å². The van der Waals surface area contributed by atoms with Gasteiger partial charge in [0.2, 0.25) is 17.1 Å². The van der Waals surface area contributed by atoms with Crippen LogP contribution in [0, 0.1) is 66.3 Å². The predicted molar refractivity (Wildman–Crippen MR) is 92.1 cm³/mol. The van der Waals surface area contributed by atoms with Crippen LogP contribution in [0.4, 0.5) is 5.69 Å². The maximum Gasteiger partial charge on any atom is 0.269 e. The minimum atomic E-state index is -2.02. The van der Waals surface area contributed by atoms with E-state index in [1.54, 1.807) is 0 Å². The minimum Gasteiger partial charge on any atom is -0.447 e. The van der Waals surface area contributed by atoms with E-state index >= 15 is 0 Å². The lowest BCUT2D eigenvalue weighted by molar-refractivity contribution is -0.384. The normalized spacial score (nSPS) is 34.8. The molecule has 1 saturated carbocycles. The van der Waals surface area contributed by atoms with Crippen LogP contribution in [-0.4, -0.2) is 16.6 Å². The molecule has 9 heteroatoms. The molecule has 0 aromatic heterocycles. The van der Waals surface area contributed by atoms with Gasteiger partial charge in [-0.05, 0) is 30.5 Å². The quantitative estimate of drug-likeness (QED) is 0.612. The molecule has 3 fully saturated rings. The summed E-state index contributed by atoms with van der Waals surface area (Å²) in [6.45, 7) is 0. The average Bonchev–Trinajstić information content (AvgIpc) is 2.92. The van der Waals surface area contributed by atoms with Crippen LogP contribution in [0.2, 0.25) is 0 Å². The molecular weight excluding hydrogens is 362 g/mol. The zero-order valence-corrected chi connectivity index (χ0v) is 14.7. The van der Waals surface area contributed by atoms with Gasteiger partial charge in [0.15, 0.2) is 5.41 Å². The van der Waals surface area contributed by atoms with Crippen molar-refractivity contribution in [3.63, 3.8) is 0 Å². The van der Waals surface area contributed by atoms with Gasteiger partial charge in [-0.15, -0.1) is 0 Å². The van der Waals surface area contributed by atoms with Gasteiger partial charge in [-0.1, -0.05) is 6.42 Å². The van der Waals surface area contributed by atoms with Gasteiger partial charge in [0.1, 0.15) is 6.10 Å². The molecule has 1 aromatic rings. The lowest BCUT2D eigenvalue weighted by atomic mass is 9.51. The Labute approximate surface area is 160 Å². The van der Waals surface area contributed by atoms with E-state index in [0.717, 1.165) is 12.8 Å². The van der Waals surface area contributed by atoms with E-state index in [2.05, 4.69) is 6.07 Å². The summed E-state index contributed by atoms with van der Waals surface area (Å²) in [6.07, 6.45) is 1.32. The summed E-state index contributed by atoms with van der Waals surface area (Å²) in [5.74, 6) is -2.25. The molecule has 2 saturated heterocycles. The second-order valence-electron chi connectivity index (χ2n) is 7.34. The fourth-order valence-electron chi connectivity index (χ4n) is 4.93. The molecule has 4 rings (SSSR count). The molecule has 28 heavy (non-hydrogen) atoms. The second-order valence-corrected chi connectivity index (χ2v) is 7.34. The van der Waals surface area contributed by atoms with Crippen LogP contribution >= 0.6 is 0 Å². The number of nitro benzene ring substituents is 1. The third-order valence-corrected chi connectivity index (χ3v) is 6.22. The predicted octanol–water partition coefficient (Wildman–Crippen LogP) is 3.10. The summed E-state index contributed by atoms with van der Waals surface area (Å²) >= 11 is 0. The lowest BCUT2D eigenvalue weighted by Gasteiger charge is -2.51. The number of hydrogen-bond donors (Lipinski definition) is 1. The molecule has 1 aliphatic carbocycles. The van der Waals surface area contributed by atoms with Crippen molar-refractivity contribution in [3.05, 3.63) is 39.9 Å². The molecule has 2 aliphatic heterocycles. The van der Waals surface area contributed by atoms with Gasteiger partial charge in [-0.2, -0.15) is 15.8 Å². The molecule has 0 amide bonds. The molecule has 1 aromatic carbocycles. The van der Waals surface area contributed by atoms with Gasteiger partial charge in [0, 0.05) is 18.6 Å². The maximum absolute atomic E-state index is 10.9. The maximum atomic E-state index is 10.9. The molecule has 0 unspecified atom stereocenters. The Morgan fingerprint density at radius 1 is 1.14 bits per heavy atom. The topological polar surface area (TPSA) is 157 Å². The highest BCUT2D eigenvalue weighted by Crippen LogP contribution is 2.69. The molecular formula is C19H15N5O4. The third-order valence-electron chi connectivity index (χ3n) is 6.22. The lowest BCUT2D eigenvalue weighted by Crippen LogP contribution is -2.60. The zero-order valence-electron chi connectivity index (χ0n) is 14.7. The fraction of sp³-hybridized carbons (Fsp3) is 0.474. The van der Waals surface area contributed by atoms with Crippen molar-refractivity contribution in [1.82, 2.24) is 0 Å². The number of non-ortho nitro benzene ring substituents is 1. The minimum absolute atomic E-state index is 0.144. The third kappa shape index (κ3) is 1.88. The number of rotatable bonds is 2. The first-order valence-electron chi connectivity index (χ1n) is 8.85. The summed E-state index contributed by atoms with van der Waals surface area (Å²) < 4.78 is 12.0. The van der Waals surface area contributed by atoms with Crippen molar-refractivity contribution in [2.75, 3.05) is 0 Å². The summed E-state index contributed by atoms with van der Waals surface area (Å²) in [5, 5.41) is 49.6. The highest BCUT2D eigenvalue weighted by Gasteiger charge is 2.80. The average molecular weight is 377 g/mol. The molecule has 4 atom stereocenters. The van der Waals surface area contributed by atoms with Crippen molar-refractivity contribution < 1.29 is 14.4 Å². The fourth-order valence-corrected chi connectivity index (χ4v) is 4.93. The first-order valence-corrected chi connectivity index (χ1v) is 8.85. The van der Waals surface area contributed by atoms with E-state index in [1.807, 2.05) is 12.1 Å². The highest BCUT2D eigenvalue weighted by molar-refractivity contribution is 5.89. The van der Waals surface area contributed by atoms with Gasteiger partial charge in [0.25, 0.3) is 5.69 Å². The first kappa shape index (κ1) is 17.9. The number of nitro groups is 1. The standard InChI is InChI=1S/C19H15N5O4/c20-9-17(10-21)15(12-4-6-13(7-5-12)24(25)26)27-19-8-2-1-3-14(19)18(17,11-22)16(23)28-19/h4-7,14-15,23H,1-3,8H2/t14-,15+,18+,19+/m0/s1. The first-order chi connectivity index (χ1) is 13.4. The van der Waals surface area contributed by atoms with Crippen LogP contribution < -0.4 is 0 Å². The molecule has 2 heterocycles. The largest absolute Gasteiger partial charge is 0.447 e. The van der Waals surface area contributed by atoms with Crippen LogP contribution in [-0.2, 0) is 9.47 Å². The number of benzene rings is 1. The summed E-state index contributed by atoms with van der Waals surface area (Å²) in [7, 11) is 0. The Hall–Kier alpha value is -3.48. The Morgan fingerprint density at radius 2 is 1.82 bits per heavy atom. The summed E-state index contributed by atoms with van der Waals surface area (Å²) in [6, 6.07) is 11.4. The van der Waals surface area contributed by atoms with Gasteiger partial charge in [0.05, 0.1) is 29.0 Å². The van der Waals surface area contributed by atoms with Crippen LogP contribution in [0.3, 0.4) is 0 Å². The molecule has 9 nitrogen and oxygen atoms in total. The van der Waals surface area contributed by atoms with Gasteiger partial charge >= 0.3 is 0 Å². The number of nitriles is 3. The molecule has 1 N–H and O–H groups in total. The molecule has 0 spiro atoms. The van der Waals surface area contributed by atoms with Gasteiger partial charge < -0.3 is 9.47 Å². The van der Waals surface area contributed by atoms with E-state index in [0.29, 0.717) is 18.4 Å². The monoisotopic (exact) mass is 377 g/mol. The Kier molecular flexibility index (Phi) is 3.68. The van der Waals surface area contributed by atoms with Gasteiger partial charge in [-0.3, -0.25) is 15.5 Å². The highest BCUT2D eigenvalue weighted by atomic mass is 16.7. The van der Waals surface area contributed by atoms with Crippen LogP contribution in [0.5, 0.6) is 0 Å². The Balaban J connectivity index is 1.94. The van der Waals surface area contributed by atoms with Crippen molar-refractivity contribution >= 4 is 11.6 Å².